The molecule has 9 heteroatoms. The van der Waals surface area contributed by atoms with Crippen LogP contribution in [0.4, 0.5) is 0 Å². The molecular formula is C24H30O9. The van der Waals surface area contributed by atoms with Crippen molar-refractivity contribution in [2.45, 2.75) is 65.5 Å². The second-order valence-corrected chi connectivity index (χ2v) is 8.07. The van der Waals surface area contributed by atoms with Crippen molar-refractivity contribution in [3.05, 3.63) is 47.1 Å². The van der Waals surface area contributed by atoms with Crippen LogP contribution in [0, 0.1) is 5.92 Å². The van der Waals surface area contributed by atoms with Gasteiger partial charge in [-0.2, -0.15) is 0 Å². The van der Waals surface area contributed by atoms with Crippen LogP contribution in [0.15, 0.2) is 47.1 Å². The molecule has 0 aromatic rings. The lowest BCUT2D eigenvalue weighted by atomic mass is 9.84. The van der Waals surface area contributed by atoms with Gasteiger partial charge in [0.05, 0.1) is 18.1 Å². The van der Waals surface area contributed by atoms with E-state index in [4.69, 9.17) is 18.9 Å². The number of carbonyl (C=O) groups is 4. The SMILES string of the molecule is C=C1C(=O)O[C@@H]2/C=C(/C)[C@H](OC(C)=O)[C@H](OC(C)=O)/C=C(\C)C[C@@H](OC(=O)/C(=C\C)CO)[C@@H]12. The number of hydrogen-bond acceptors (Lipinski definition) is 9. The largest absolute Gasteiger partial charge is 0.458 e. The molecule has 0 aromatic carbocycles. The molecule has 0 unspecified atom stereocenters. The number of aliphatic hydroxyl groups excluding tert-OH is 1. The number of hydrogen-bond donors (Lipinski definition) is 1. The molecule has 2 rings (SSSR count). The zero-order chi connectivity index (χ0) is 24.9. The summed E-state index contributed by atoms with van der Waals surface area (Å²) in [5.74, 6) is -3.22. The summed E-state index contributed by atoms with van der Waals surface area (Å²) < 4.78 is 22.0. The zero-order valence-electron chi connectivity index (χ0n) is 19.5. The molecule has 33 heavy (non-hydrogen) atoms. The maximum Gasteiger partial charge on any atom is 0.336 e. The Morgan fingerprint density at radius 1 is 1.15 bits per heavy atom. The van der Waals surface area contributed by atoms with Crippen LogP contribution in [0.25, 0.3) is 0 Å². The van der Waals surface area contributed by atoms with E-state index < -0.39 is 60.8 Å². The molecule has 5 atom stereocenters. The normalized spacial score (nSPS) is 31.2. The first-order valence-corrected chi connectivity index (χ1v) is 10.5. The van der Waals surface area contributed by atoms with Gasteiger partial charge in [-0.3, -0.25) is 9.59 Å². The minimum Gasteiger partial charge on any atom is -0.458 e. The van der Waals surface area contributed by atoms with Crippen molar-refractivity contribution in [1.29, 1.82) is 0 Å². The highest BCUT2D eigenvalue weighted by atomic mass is 16.6. The van der Waals surface area contributed by atoms with Gasteiger partial charge in [-0.25, -0.2) is 9.59 Å². The summed E-state index contributed by atoms with van der Waals surface area (Å²) in [5.41, 5.74) is 1.35. The van der Waals surface area contributed by atoms with Gasteiger partial charge >= 0.3 is 23.9 Å². The van der Waals surface area contributed by atoms with Crippen LogP contribution in [0.2, 0.25) is 0 Å². The molecule has 180 valence electrons. The molecule has 1 saturated heterocycles. The minimum absolute atomic E-state index is 0.0700. The number of ether oxygens (including phenoxy) is 4. The van der Waals surface area contributed by atoms with Crippen molar-refractivity contribution in [3.8, 4) is 0 Å². The fraction of sp³-hybridized carbons (Fsp3) is 0.500. The molecular weight excluding hydrogens is 432 g/mol. The molecule has 0 saturated carbocycles. The zero-order valence-corrected chi connectivity index (χ0v) is 19.5. The van der Waals surface area contributed by atoms with Crippen LogP contribution >= 0.6 is 0 Å². The number of aliphatic hydroxyl groups is 1. The van der Waals surface area contributed by atoms with E-state index >= 15 is 0 Å². The Bertz CT molecular complexity index is 924. The van der Waals surface area contributed by atoms with Gasteiger partial charge in [0.1, 0.15) is 12.2 Å². The maximum absolute atomic E-state index is 12.6. The molecule has 1 aliphatic carbocycles. The van der Waals surface area contributed by atoms with Crippen LogP contribution in [0.1, 0.15) is 41.0 Å². The molecule has 0 aromatic heterocycles. The lowest BCUT2D eigenvalue weighted by Crippen LogP contribution is -2.38. The van der Waals surface area contributed by atoms with E-state index in [2.05, 4.69) is 6.58 Å². The van der Waals surface area contributed by atoms with E-state index in [0.717, 1.165) is 0 Å². The monoisotopic (exact) mass is 462 g/mol. The first-order chi connectivity index (χ1) is 15.5. The van der Waals surface area contributed by atoms with Gasteiger partial charge in [-0.1, -0.05) is 18.2 Å². The van der Waals surface area contributed by atoms with Crippen molar-refractivity contribution >= 4 is 23.9 Å². The summed E-state index contributed by atoms with van der Waals surface area (Å²) in [6, 6.07) is 0. The second kappa shape index (κ2) is 11.1. The van der Waals surface area contributed by atoms with Crippen molar-refractivity contribution in [2.75, 3.05) is 6.61 Å². The summed E-state index contributed by atoms with van der Waals surface area (Å²) in [7, 11) is 0. The molecule has 1 fully saturated rings. The highest BCUT2D eigenvalue weighted by Crippen LogP contribution is 2.37. The van der Waals surface area contributed by atoms with E-state index in [9.17, 15) is 24.3 Å². The third-order valence-electron chi connectivity index (χ3n) is 5.44. The molecule has 1 N–H and O–H groups in total. The van der Waals surface area contributed by atoms with Crippen LogP contribution in [-0.2, 0) is 38.1 Å². The summed E-state index contributed by atoms with van der Waals surface area (Å²) in [5, 5.41) is 9.42. The van der Waals surface area contributed by atoms with Gasteiger partial charge in [0.15, 0.2) is 12.2 Å². The molecule has 1 aliphatic heterocycles. The molecule has 9 nitrogen and oxygen atoms in total. The summed E-state index contributed by atoms with van der Waals surface area (Å²) >= 11 is 0. The highest BCUT2D eigenvalue weighted by Gasteiger charge is 2.45. The summed E-state index contributed by atoms with van der Waals surface area (Å²) in [4.78, 5) is 48.4. The summed E-state index contributed by atoms with van der Waals surface area (Å²) in [6.45, 7) is 10.8. The number of carbonyl (C=O) groups excluding carboxylic acids is 4. The third-order valence-corrected chi connectivity index (χ3v) is 5.44. The van der Waals surface area contributed by atoms with Crippen molar-refractivity contribution in [1.82, 2.24) is 0 Å². The van der Waals surface area contributed by atoms with Crippen molar-refractivity contribution < 1.29 is 43.2 Å². The Labute approximate surface area is 192 Å². The molecule has 0 radical (unpaired) electrons. The van der Waals surface area contributed by atoms with E-state index in [1.165, 1.54) is 19.9 Å². The van der Waals surface area contributed by atoms with Crippen molar-refractivity contribution in [2.24, 2.45) is 5.92 Å². The number of allylic oxidation sites excluding steroid dienone is 1. The van der Waals surface area contributed by atoms with E-state index in [1.54, 1.807) is 32.9 Å². The second-order valence-electron chi connectivity index (χ2n) is 8.07. The van der Waals surface area contributed by atoms with Crippen LogP contribution in [-0.4, -0.2) is 60.0 Å². The molecule has 0 spiro atoms. The van der Waals surface area contributed by atoms with Gasteiger partial charge in [-0.05, 0) is 38.5 Å². The fourth-order valence-electron chi connectivity index (χ4n) is 3.90. The predicted molar refractivity (Wildman–Crippen MR) is 116 cm³/mol. The standard InChI is InChI=1S/C24H30O9/c1-7-17(11-25)24(29)33-18-8-12(2)9-20(30-15(5)26)22(31-16(6)27)13(3)10-19-21(18)14(4)23(28)32-19/h7,9-10,18-22,25H,4,8,11H2,1-3,5-6H3/b12-9+,13-10-,17-7-/t18-,19-,20-,21-,22+/m1/s1. The van der Waals surface area contributed by atoms with Crippen LogP contribution < -0.4 is 0 Å². The predicted octanol–water partition coefficient (Wildman–Crippen LogP) is 2.09. The maximum atomic E-state index is 12.6. The molecule has 0 bridgehead atoms. The third kappa shape index (κ3) is 6.41. The lowest BCUT2D eigenvalue weighted by molar-refractivity contribution is -0.159. The molecule has 0 amide bonds. The Morgan fingerprint density at radius 2 is 1.79 bits per heavy atom. The molecule has 2 aliphatic rings. The smallest absolute Gasteiger partial charge is 0.336 e. The minimum atomic E-state index is -0.947. The van der Waals surface area contributed by atoms with Gasteiger partial charge < -0.3 is 24.1 Å². The van der Waals surface area contributed by atoms with Gasteiger partial charge in [0.25, 0.3) is 0 Å². The van der Waals surface area contributed by atoms with E-state index in [0.29, 0.717) is 11.1 Å². The van der Waals surface area contributed by atoms with Crippen LogP contribution in [0.5, 0.6) is 0 Å². The van der Waals surface area contributed by atoms with E-state index in [-0.39, 0.29) is 17.6 Å². The first kappa shape index (κ1) is 26.1. The Balaban J connectivity index is 2.58. The quantitative estimate of drug-likeness (QED) is 0.283. The van der Waals surface area contributed by atoms with Crippen molar-refractivity contribution in [3.63, 3.8) is 0 Å². The van der Waals surface area contributed by atoms with Gasteiger partial charge in [0, 0.05) is 25.8 Å². The van der Waals surface area contributed by atoms with Crippen LogP contribution in [0.3, 0.4) is 0 Å². The molecule has 1 heterocycles. The first-order valence-electron chi connectivity index (χ1n) is 10.5. The van der Waals surface area contributed by atoms with E-state index in [1.807, 2.05) is 0 Å². The Morgan fingerprint density at radius 3 is 2.33 bits per heavy atom. The number of rotatable bonds is 5. The number of fused-ring (bicyclic) bond motifs is 1. The Kier molecular flexibility index (Phi) is 8.76. The lowest BCUT2D eigenvalue weighted by Gasteiger charge is -2.31. The summed E-state index contributed by atoms with van der Waals surface area (Å²) in [6.07, 6.45) is 1.21. The average molecular weight is 462 g/mol. The number of esters is 4. The Hall–Kier alpha value is -3.20. The fourth-order valence-corrected chi connectivity index (χ4v) is 3.90. The van der Waals surface area contributed by atoms with Gasteiger partial charge in [0.2, 0.25) is 0 Å². The van der Waals surface area contributed by atoms with Gasteiger partial charge in [-0.15, -0.1) is 0 Å². The highest BCUT2D eigenvalue weighted by molar-refractivity contribution is 5.92. The topological polar surface area (TPSA) is 125 Å². The average Bonchev–Trinajstić information content (AvgIpc) is 2.98.